The summed E-state index contributed by atoms with van der Waals surface area (Å²) in [6, 6.07) is 6.25. The summed E-state index contributed by atoms with van der Waals surface area (Å²) < 4.78 is 50.7. The first-order valence-electron chi connectivity index (χ1n) is 9.04. The number of carbonyl (C=O) groups excluding carboxylic acids is 1. The maximum absolute atomic E-state index is 14.6. The van der Waals surface area contributed by atoms with Crippen LogP contribution in [0.15, 0.2) is 30.3 Å². The van der Waals surface area contributed by atoms with Gasteiger partial charge in [0.05, 0.1) is 31.3 Å². The Labute approximate surface area is 171 Å². The molecule has 0 aliphatic heterocycles. The Morgan fingerprint density at radius 2 is 1.83 bits per heavy atom. The summed E-state index contributed by atoms with van der Waals surface area (Å²) in [4.78, 5) is 20.8. The average molecular weight is 419 g/mol. The van der Waals surface area contributed by atoms with Crippen LogP contribution in [0.1, 0.15) is 46.7 Å². The topological polar surface area (TPSA) is 73.3 Å². The van der Waals surface area contributed by atoms with Gasteiger partial charge in [-0.25, -0.2) is 27.9 Å². The van der Waals surface area contributed by atoms with Gasteiger partial charge >= 0.3 is 5.97 Å². The molecule has 158 valence electrons. The van der Waals surface area contributed by atoms with Gasteiger partial charge in [0.1, 0.15) is 28.8 Å². The van der Waals surface area contributed by atoms with Crippen molar-refractivity contribution in [3.63, 3.8) is 0 Å². The lowest BCUT2D eigenvalue weighted by Crippen LogP contribution is -2.13. The summed E-state index contributed by atoms with van der Waals surface area (Å²) in [5.41, 5.74) is 0.0616. The third-order valence-electron chi connectivity index (χ3n) is 4.65. The van der Waals surface area contributed by atoms with Crippen LogP contribution in [0.5, 0.6) is 5.75 Å². The van der Waals surface area contributed by atoms with Crippen molar-refractivity contribution >= 4 is 22.7 Å². The zero-order valence-corrected chi connectivity index (χ0v) is 16.8. The van der Waals surface area contributed by atoms with E-state index in [2.05, 4.69) is 15.3 Å². The van der Waals surface area contributed by atoms with Crippen molar-refractivity contribution in [2.75, 3.05) is 19.5 Å². The quantitative estimate of drug-likeness (QED) is 0.568. The van der Waals surface area contributed by atoms with E-state index in [9.17, 15) is 18.0 Å². The molecule has 1 N–H and O–H groups in total. The second kappa shape index (κ2) is 8.56. The van der Waals surface area contributed by atoms with E-state index in [0.717, 1.165) is 6.07 Å². The molecule has 9 heteroatoms. The van der Waals surface area contributed by atoms with Crippen LogP contribution in [-0.2, 0) is 4.74 Å². The number of benzene rings is 2. The van der Waals surface area contributed by atoms with Crippen molar-refractivity contribution in [1.29, 1.82) is 0 Å². The van der Waals surface area contributed by atoms with Gasteiger partial charge in [0.15, 0.2) is 0 Å². The zero-order valence-electron chi connectivity index (χ0n) is 16.8. The number of rotatable bonds is 6. The first kappa shape index (κ1) is 21.4. The molecular weight excluding hydrogens is 399 g/mol. The van der Waals surface area contributed by atoms with Crippen LogP contribution in [-0.4, -0.2) is 30.2 Å². The molecular formula is C21H20F3N3O3. The zero-order chi connectivity index (χ0) is 22.0. The third kappa shape index (κ3) is 4.00. The molecule has 1 heterocycles. The van der Waals surface area contributed by atoms with Gasteiger partial charge in [0, 0.05) is 17.0 Å². The SMILES string of the molecule is COC(=O)c1cc2c(NC(C)c3cccc(C(F)F)c3F)nc(C)nc2cc1OC. The second-order valence-corrected chi connectivity index (χ2v) is 6.60. The average Bonchev–Trinajstić information content (AvgIpc) is 2.71. The van der Waals surface area contributed by atoms with E-state index in [-0.39, 0.29) is 16.9 Å². The summed E-state index contributed by atoms with van der Waals surface area (Å²) in [7, 11) is 2.67. The minimum absolute atomic E-state index is 0.0684. The third-order valence-corrected chi connectivity index (χ3v) is 4.65. The van der Waals surface area contributed by atoms with Crippen molar-refractivity contribution in [3.8, 4) is 5.75 Å². The predicted molar refractivity (Wildman–Crippen MR) is 106 cm³/mol. The number of methoxy groups -OCH3 is 2. The largest absolute Gasteiger partial charge is 0.496 e. The van der Waals surface area contributed by atoms with Crippen molar-refractivity contribution < 1.29 is 27.4 Å². The van der Waals surface area contributed by atoms with Crippen LogP contribution in [0.4, 0.5) is 19.0 Å². The van der Waals surface area contributed by atoms with E-state index in [1.165, 1.54) is 32.4 Å². The molecule has 0 fully saturated rings. The van der Waals surface area contributed by atoms with Crippen LogP contribution in [0, 0.1) is 12.7 Å². The lowest BCUT2D eigenvalue weighted by Gasteiger charge is -2.19. The van der Waals surface area contributed by atoms with Gasteiger partial charge in [0.25, 0.3) is 6.43 Å². The number of carbonyl (C=O) groups is 1. The highest BCUT2D eigenvalue weighted by Gasteiger charge is 2.22. The maximum Gasteiger partial charge on any atom is 0.341 e. The van der Waals surface area contributed by atoms with Crippen LogP contribution >= 0.6 is 0 Å². The molecule has 6 nitrogen and oxygen atoms in total. The van der Waals surface area contributed by atoms with Crippen LogP contribution in [0.2, 0.25) is 0 Å². The Bertz CT molecular complexity index is 1110. The van der Waals surface area contributed by atoms with Crippen LogP contribution < -0.4 is 10.1 Å². The predicted octanol–water partition coefficient (Wildman–Crippen LogP) is 4.98. The Morgan fingerprint density at radius 3 is 2.47 bits per heavy atom. The van der Waals surface area contributed by atoms with Gasteiger partial charge < -0.3 is 14.8 Å². The molecule has 0 saturated carbocycles. The molecule has 0 aliphatic carbocycles. The van der Waals surface area contributed by atoms with Gasteiger partial charge in [-0.3, -0.25) is 0 Å². The lowest BCUT2D eigenvalue weighted by atomic mass is 10.0. The van der Waals surface area contributed by atoms with Crippen molar-refractivity contribution in [3.05, 3.63) is 58.7 Å². The number of aromatic nitrogens is 2. The van der Waals surface area contributed by atoms with E-state index >= 15 is 0 Å². The monoisotopic (exact) mass is 419 g/mol. The van der Waals surface area contributed by atoms with E-state index in [1.807, 2.05) is 0 Å². The number of nitrogens with one attached hydrogen (secondary N) is 1. The maximum atomic E-state index is 14.6. The first-order valence-corrected chi connectivity index (χ1v) is 9.04. The minimum atomic E-state index is -2.92. The lowest BCUT2D eigenvalue weighted by molar-refractivity contribution is 0.0597. The number of anilines is 1. The number of halogens is 3. The van der Waals surface area contributed by atoms with Gasteiger partial charge in [-0.15, -0.1) is 0 Å². The Morgan fingerprint density at radius 1 is 1.13 bits per heavy atom. The van der Waals surface area contributed by atoms with Crippen molar-refractivity contribution in [1.82, 2.24) is 9.97 Å². The summed E-state index contributed by atoms with van der Waals surface area (Å²) in [6.45, 7) is 3.30. The molecule has 0 radical (unpaired) electrons. The fourth-order valence-electron chi connectivity index (χ4n) is 3.18. The molecule has 30 heavy (non-hydrogen) atoms. The molecule has 0 amide bonds. The fraction of sp³-hybridized carbons (Fsp3) is 0.286. The highest BCUT2D eigenvalue weighted by Crippen LogP contribution is 2.33. The second-order valence-electron chi connectivity index (χ2n) is 6.60. The summed E-state index contributed by atoms with van der Waals surface area (Å²) in [5.74, 6) is -0.558. The normalized spacial score (nSPS) is 12.1. The van der Waals surface area contributed by atoms with E-state index in [4.69, 9.17) is 9.47 Å². The Hall–Kier alpha value is -3.36. The van der Waals surface area contributed by atoms with Gasteiger partial charge in [-0.1, -0.05) is 18.2 Å². The highest BCUT2D eigenvalue weighted by molar-refractivity contribution is 6.00. The standard InChI is InChI=1S/C21H20F3N3O3/c1-10(12-6-5-7-13(18(12)22)19(23)24)25-20-14-8-15(21(28)30-4)17(29-3)9-16(14)26-11(2)27-20/h5-10,19H,1-4H3,(H,25,26,27). The van der Waals surface area contributed by atoms with Crippen LogP contribution in [0.25, 0.3) is 10.9 Å². The molecule has 0 saturated heterocycles. The Balaban J connectivity index is 2.10. The van der Waals surface area contributed by atoms with Gasteiger partial charge in [-0.2, -0.15) is 0 Å². The van der Waals surface area contributed by atoms with Crippen LogP contribution in [0.3, 0.4) is 0 Å². The summed E-state index contributed by atoms with van der Waals surface area (Å²) in [6.07, 6.45) is -2.92. The minimum Gasteiger partial charge on any atom is -0.496 e. The van der Waals surface area contributed by atoms with E-state index in [1.54, 1.807) is 19.9 Å². The summed E-state index contributed by atoms with van der Waals surface area (Å²) >= 11 is 0. The summed E-state index contributed by atoms with van der Waals surface area (Å²) in [5, 5.41) is 3.51. The number of hydrogen-bond acceptors (Lipinski definition) is 6. The molecule has 1 aromatic heterocycles. The number of fused-ring (bicyclic) bond motifs is 1. The molecule has 1 atom stereocenters. The molecule has 0 bridgehead atoms. The number of esters is 1. The molecule has 3 rings (SSSR count). The van der Waals surface area contributed by atoms with Crippen molar-refractivity contribution in [2.45, 2.75) is 26.3 Å². The van der Waals surface area contributed by atoms with Gasteiger partial charge in [-0.05, 0) is 19.9 Å². The molecule has 2 aromatic carbocycles. The fourth-order valence-corrected chi connectivity index (χ4v) is 3.18. The molecule has 1 unspecified atom stereocenters. The molecule has 0 aliphatic rings. The smallest absolute Gasteiger partial charge is 0.341 e. The van der Waals surface area contributed by atoms with Gasteiger partial charge in [0.2, 0.25) is 0 Å². The number of aryl methyl sites for hydroxylation is 1. The number of ether oxygens (including phenoxy) is 2. The Kier molecular flexibility index (Phi) is 6.09. The number of hydrogen-bond donors (Lipinski definition) is 1. The number of alkyl halides is 2. The number of nitrogens with zero attached hydrogens (tertiary/aromatic N) is 2. The molecule has 3 aromatic rings. The highest BCUT2D eigenvalue weighted by atomic mass is 19.3. The molecule has 0 spiro atoms. The van der Waals surface area contributed by atoms with E-state index < -0.39 is 29.8 Å². The van der Waals surface area contributed by atoms with Crippen molar-refractivity contribution in [2.24, 2.45) is 0 Å². The van der Waals surface area contributed by atoms with E-state index in [0.29, 0.717) is 22.5 Å². The first-order chi connectivity index (χ1) is 14.3.